The van der Waals surface area contributed by atoms with Gasteiger partial charge in [0.25, 0.3) is 5.69 Å². The minimum absolute atomic E-state index is 0.0487. The van der Waals surface area contributed by atoms with Crippen LogP contribution in [0.1, 0.15) is 36.0 Å². The van der Waals surface area contributed by atoms with E-state index in [9.17, 15) is 23.3 Å². The van der Waals surface area contributed by atoms with Crippen LogP contribution in [0.25, 0.3) is 0 Å². The minimum atomic E-state index is -3.68. The Bertz CT molecular complexity index is 964. The van der Waals surface area contributed by atoms with Gasteiger partial charge in [-0.05, 0) is 43.2 Å². The quantitative estimate of drug-likeness (QED) is 0.327. The predicted octanol–water partition coefficient (Wildman–Crippen LogP) is 3.38. The summed E-state index contributed by atoms with van der Waals surface area (Å²) in [4.78, 5) is 22.6. The van der Waals surface area contributed by atoms with E-state index in [0.717, 1.165) is 25.7 Å². The van der Waals surface area contributed by atoms with E-state index in [4.69, 9.17) is 4.74 Å². The molecule has 1 aliphatic heterocycles. The van der Waals surface area contributed by atoms with Gasteiger partial charge in [-0.3, -0.25) is 10.1 Å². The lowest BCUT2D eigenvalue weighted by Gasteiger charge is -2.20. The Hall–Kier alpha value is -2.78. The standard InChI is InChI=1S/C19H20N2O6S/c22-19(27-17-10-8-16(9-11-17)21(23)24)15-6-5-7-18(14-15)28(25,26)20-12-3-1-2-4-13-20/h5-11,14H,1-4,12-13H2. The van der Waals surface area contributed by atoms with Gasteiger partial charge in [-0.15, -0.1) is 0 Å². The van der Waals surface area contributed by atoms with Crippen molar-refractivity contribution in [2.75, 3.05) is 13.1 Å². The van der Waals surface area contributed by atoms with E-state index in [-0.39, 0.29) is 21.9 Å². The molecule has 0 saturated carbocycles. The molecule has 9 heteroatoms. The van der Waals surface area contributed by atoms with Crippen molar-refractivity contribution in [3.05, 3.63) is 64.2 Å². The molecule has 0 N–H and O–H groups in total. The van der Waals surface area contributed by atoms with Crippen LogP contribution in [-0.4, -0.2) is 36.7 Å². The van der Waals surface area contributed by atoms with Gasteiger partial charge in [0.2, 0.25) is 10.0 Å². The Balaban J connectivity index is 1.78. The maximum absolute atomic E-state index is 12.9. The number of carbonyl (C=O) groups is 1. The largest absolute Gasteiger partial charge is 0.423 e. The fourth-order valence-electron chi connectivity index (χ4n) is 3.02. The van der Waals surface area contributed by atoms with Crippen LogP contribution < -0.4 is 4.74 Å². The molecule has 1 fully saturated rings. The number of esters is 1. The number of non-ortho nitro benzene ring substituents is 1. The van der Waals surface area contributed by atoms with Crippen LogP contribution in [0, 0.1) is 10.1 Å². The second-order valence-electron chi connectivity index (χ2n) is 6.49. The zero-order chi connectivity index (χ0) is 20.1. The van der Waals surface area contributed by atoms with Crippen LogP contribution in [0.15, 0.2) is 53.4 Å². The Morgan fingerprint density at radius 1 is 1.00 bits per heavy atom. The SMILES string of the molecule is O=C(Oc1ccc([N+](=O)[O-])cc1)c1cccc(S(=O)(=O)N2CCCCCC2)c1. The number of nitro groups is 1. The summed E-state index contributed by atoms with van der Waals surface area (Å²) >= 11 is 0. The summed E-state index contributed by atoms with van der Waals surface area (Å²) in [5, 5.41) is 10.7. The molecule has 0 bridgehead atoms. The van der Waals surface area contributed by atoms with Gasteiger partial charge in [0.15, 0.2) is 0 Å². The van der Waals surface area contributed by atoms with Crippen LogP contribution in [0.3, 0.4) is 0 Å². The van der Waals surface area contributed by atoms with Crippen molar-refractivity contribution >= 4 is 21.7 Å². The third-order valence-corrected chi connectivity index (χ3v) is 6.43. The number of sulfonamides is 1. The van der Waals surface area contributed by atoms with E-state index < -0.39 is 20.9 Å². The highest BCUT2D eigenvalue weighted by molar-refractivity contribution is 7.89. The maximum atomic E-state index is 12.9. The van der Waals surface area contributed by atoms with Crippen LogP contribution >= 0.6 is 0 Å². The van der Waals surface area contributed by atoms with Crippen LogP contribution in [0.5, 0.6) is 5.75 Å². The van der Waals surface area contributed by atoms with E-state index in [1.807, 2.05) is 0 Å². The smallest absolute Gasteiger partial charge is 0.343 e. The van der Waals surface area contributed by atoms with Crippen molar-refractivity contribution < 1.29 is 22.9 Å². The first-order valence-corrected chi connectivity index (χ1v) is 10.4. The third kappa shape index (κ3) is 4.55. The zero-order valence-electron chi connectivity index (χ0n) is 15.1. The summed E-state index contributed by atoms with van der Waals surface area (Å²) in [6.07, 6.45) is 3.66. The number of rotatable bonds is 5. The molecular formula is C19H20N2O6S. The molecule has 28 heavy (non-hydrogen) atoms. The number of ether oxygens (including phenoxy) is 1. The molecule has 0 aromatic heterocycles. The number of benzene rings is 2. The van der Waals surface area contributed by atoms with Gasteiger partial charge < -0.3 is 4.74 Å². The Morgan fingerprint density at radius 3 is 2.25 bits per heavy atom. The second kappa shape index (κ2) is 8.49. The first kappa shape index (κ1) is 20.0. The highest BCUT2D eigenvalue weighted by Gasteiger charge is 2.26. The first-order chi connectivity index (χ1) is 13.4. The summed E-state index contributed by atoms with van der Waals surface area (Å²) in [5.74, 6) is -0.599. The summed E-state index contributed by atoms with van der Waals surface area (Å²) < 4.78 is 32.4. The summed E-state index contributed by atoms with van der Waals surface area (Å²) in [5.41, 5.74) is -0.0282. The Kier molecular flexibility index (Phi) is 6.05. The van der Waals surface area contributed by atoms with E-state index in [1.165, 1.54) is 52.8 Å². The van der Waals surface area contributed by atoms with Gasteiger partial charge in [-0.25, -0.2) is 13.2 Å². The number of hydrogen-bond acceptors (Lipinski definition) is 6. The normalized spacial score (nSPS) is 15.6. The van der Waals surface area contributed by atoms with Crippen molar-refractivity contribution in [1.29, 1.82) is 0 Å². The van der Waals surface area contributed by atoms with E-state index in [0.29, 0.717) is 13.1 Å². The topological polar surface area (TPSA) is 107 Å². The molecular weight excluding hydrogens is 384 g/mol. The van der Waals surface area contributed by atoms with Gasteiger partial charge in [-0.2, -0.15) is 4.31 Å². The molecule has 3 rings (SSSR count). The molecule has 0 spiro atoms. The first-order valence-electron chi connectivity index (χ1n) is 8.95. The zero-order valence-corrected chi connectivity index (χ0v) is 15.9. The highest BCUT2D eigenvalue weighted by atomic mass is 32.2. The van der Waals surface area contributed by atoms with Gasteiger partial charge in [0.05, 0.1) is 15.4 Å². The number of carbonyl (C=O) groups excluding carboxylic acids is 1. The number of nitrogens with zero attached hydrogens (tertiary/aromatic N) is 2. The molecule has 0 atom stereocenters. The number of nitro benzene ring substituents is 1. The summed E-state index contributed by atoms with van der Waals surface area (Å²) in [6.45, 7) is 0.944. The lowest BCUT2D eigenvalue weighted by molar-refractivity contribution is -0.384. The third-order valence-electron chi connectivity index (χ3n) is 4.53. The van der Waals surface area contributed by atoms with Gasteiger partial charge in [0, 0.05) is 25.2 Å². The molecule has 2 aromatic carbocycles. The molecule has 148 valence electrons. The fraction of sp³-hybridized carbons (Fsp3) is 0.316. The van der Waals surface area contributed by atoms with Crippen molar-refractivity contribution in [2.24, 2.45) is 0 Å². The fourth-order valence-corrected chi connectivity index (χ4v) is 4.58. The monoisotopic (exact) mass is 404 g/mol. The molecule has 0 amide bonds. The average Bonchev–Trinajstić information content (AvgIpc) is 2.98. The van der Waals surface area contributed by atoms with E-state index in [1.54, 1.807) is 0 Å². The predicted molar refractivity (Wildman–Crippen MR) is 102 cm³/mol. The average molecular weight is 404 g/mol. The van der Waals surface area contributed by atoms with Gasteiger partial charge in [-0.1, -0.05) is 18.9 Å². The molecule has 8 nitrogen and oxygen atoms in total. The molecule has 0 unspecified atom stereocenters. The van der Waals surface area contributed by atoms with Crippen molar-refractivity contribution in [2.45, 2.75) is 30.6 Å². The summed E-state index contributed by atoms with van der Waals surface area (Å²) in [7, 11) is -3.68. The maximum Gasteiger partial charge on any atom is 0.343 e. The van der Waals surface area contributed by atoms with Crippen molar-refractivity contribution in [3.8, 4) is 5.75 Å². The van der Waals surface area contributed by atoms with Crippen molar-refractivity contribution in [1.82, 2.24) is 4.31 Å². The van der Waals surface area contributed by atoms with Gasteiger partial charge in [0.1, 0.15) is 5.75 Å². The van der Waals surface area contributed by atoms with Crippen LogP contribution in [0.4, 0.5) is 5.69 Å². The Morgan fingerprint density at radius 2 is 1.64 bits per heavy atom. The molecule has 1 heterocycles. The van der Waals surface area contributed by atoms with Crippen molar-refractivity contribution in [3.63, 3.8) is 0 Å². The highest BCUT2D eigenvalue weighted by Crippen LogP contribution is 2.22. The molecule has 1 saturated heterocycles. The molecule has 1 aliphatic rings. The molecule has 0 radical (unpaired) electrons. The minimum Gasteiger partial charge on any atom is -0.423 e. The van der Waals surface area contributed by atoms with Crippen LogP contribution in [-0.2, 0) is 10.0 Å². The Labute approximate surface area is 162 Å². The lowest BCUT2D eigenvalue weighted by Crippen LogP contribution is -2.32. The second-order valence-corrected chi connectivity index (χ2v) is 8.42. The van der Waals surface area contributed by atoms with Gasteiger partial charge >= 0.3 is 5.97 Å². The molecule has 2 aromatic rings. The number of hydrogen-bond donors (Lipinski definition) is 0. The van der Waals surface area contributed by atoms with Crippen LogP contribution in [0.2, 0.25) is 0 Å². The lowest BCUT2D eigenvalue weighted by atomic mass is 10.2. The molecule has 0 aliphatic carbocycles. The van der Waals surface area contributed by atoms with E-state index >= 15 is 0 Å². The summed E-state index contributed by atoms with van der Waals surface area (Å²) in [6, 6.07) is 10.8. The van der Waals surface area contributed by atoms with E-state index in [2.05, 4.69) is 0 Å².